The Hall–Kier alpha value is -2.83. The second-order valence-corrected chi connectivity index (χ2v) is 6.83. The Morgan fingerprint density at radius 3 is 2.33 bits per heavy atom. The van der Waals surface area contributed by atoms with Gasteiger partial charge in [-0.15, -0.1) is 0 Å². The van der Waals surface area contributed by atoms with Gasteiger partial charge in [0.1, 0.15) is 17.8 Å². The number of ether oxygens (including phenoxy) is 2. The van der Waals surface area contributed by atoms with Crippen molar-refractivity contribution in [1.82, 2.24) is 4.98 Å². The molecular formula is C20H20F3NO3. The van der Waals surface area contributed by atoms with Gasteiger partial charge in [-0.3, -0.25) is 0 Å². The molecule has 7 heteroatoms. The van der Waals surface area contributed by atoms with Crippen LogP contribution in [0, 0.1) is 0 Å². The van der Waals surface area contributed by atoms with Crippen molar-refractivity contribution >= 4 is 11.5 Å². The van der Waals surface area contributed by atoms with Gasteiger partial charge in [0.2, 0.25) is 5.88 Å². The van der Waals surface area contributed by atoms with Crippen LogP contribution in [0.2, 0.25) is 0 Å². The van der Waals surface area contributed by atoms with Gasteiger partial charge in [0.05, 0.1) is 5.57 Å². The smallest absolute Gasteiger partial charge is 0.421 e. The van der Waals surface area contributed by atoms with Crippen LogP contribution in [0.4, 0.5) is 13.2 Å². The zero-order valence-corrected chi connectivity index (χ0v) is 15.3. The number of pyridine rings is 1. The Morgan fingerprint density at radius 1 is 1.15 bits per heavy atom. The van der Waals surface area contributed by atoms with Crippen LogP contribution in [0.25, 0.3) is 5.57 Å². The van der Waals surface area contributed by atoms with Crippen LogP contribution in [-0.2, 0) is 22.3 Å². The van der Waals surface area contributed by atoms with Gasteiger partial charge in [0.15, 0.2) is 0 Å². The van der Waals surface area contributed by atoms with E-state index in [1.54, 1.807) is 51.1 Å². The maximum absolute atomic E-state index is 13.4. The number of aromatic nitrogens is 1. The maximum Gasteiger partial charge on any atom is 0.421 e. The number of halogens is 3. The molecule has 144 valence electrons. The molecule has 2 aromatic rings. The summed E-state index contributed by atoms with van der Waals surface area (Å²) in [5.41, 5.74) is -1.46. The molecule has 0 aliphatic rings. The highest BCUT2D eigenvalue weighted by Gasteiger charge is 2.36. The lowest BCUT2D eigenvalue weighted by atomic mass is 10.1. The molecule has 27 heavy (non-hydrogen) atoms. The molecule has 0 radical (unpaired) electrons. The van der Waals surface area contributed by atoms with E-state index in [1.807, 2.05) is 0 Å². The first-order valence-electron chi connectivity index (χ1n) is 8.14. The second kappa shape index (κ2) is 7.82. The molecule has 1 aromatic heterocycles. The molecule has 0 spiro atoms. The molecule has 0 aliphatic carbocycles. The normalized spacial score (nSPS) is 11.8. The molecule has 1 heterocycles. The molecule has 0 N–H and O–H groups in total. The van der Waals surface area contributed by atoms with E-state index in [2.05, 4.69) is 11.6 Å². The first kappa shape index (κ1) is 20.5. The van der Waals surface area contributed by atoms with E-state index in [9.17, 15) is 18.0 Å². The van der Waals surface area contributed by atoms with Crippen molar-refractivity contribution in [1.29, 1.82) is 0 Å². The molecule has 0 aliphatic heterocycles. The molecule has 0 atom stereocenters. The topological polar surface area (TPSA) is 48.4 Å². The predicted octanol–water partition coefficient (Wildman–Crippen LogP) is 5.03. The summed E-state index contributed by atoms with van der Waals surface area (Å²) in [5, 5.41) is 0. The Bertz CT molecular complexity index is 825. The van der Waals surface area contributed by atoms with Crippen molar-refractivity contribution in [2.45, 2.75) is 39.2 Å². The predicted molar refractivity (Wildman–Crippen MR) is 94.9 cm³/mol. The van der Waals surface area contributed by atoms with Crippen LogP contribution in [0.5, 0.6) is 5.88 Å². The quantitative estimate of drug-likeness (QED) is 0.540. The molecule has 0 saturated heterocycles. The molecule has 0 unspecified atom stereocenters. The SMILES string of the molecule is C=C(C(=O)OC(C)(C)C)c1cnc(OCc2ccccc2)c(C(F)(F)F)c1. The van der Waals surface area contributed by atoms with Gasteiger partial charge in [-0.05, 0) is 32.4 Å². The number of hydrogen-bond acceptors (Lipinski definition) is 4. The van der Waals surface area contributed by atoms with Crippen molar-refractivity contribution < 1.29 is 27.4 Å². The Kier molecular flexibility index (Phi) is 5.93. The third-order valence-electron chi connectivity index (χ3n) is 3.37. The molecular weight excluding hydrogens is 359 g/mol. The van der Waals surface area contributed by atoms with E-state index >= 15 is 0 Å². The largest absolute Gasteiger partial charge is 0.472 e. The lowest BCUT2D eigenvalue weighted by Crippen LogP contribution is -2.24. The monoisotopic (exact) mass is 379 g/mol. The van der Waals surface area contributed by atoms with Gasteiger partial charge in [-0.1, -0.05) is 36.9 Å². The number of esters is 1. The molecule has 0 fully saturated rings. The van der Waals surface area contributed by atoms with E-state index in [1.165, 1.54) is 0 Å². The summed E-state index contributed by atoms with van der Waals surface area (Å²) in [4.78, 5) is 15.8. The summed E-state index contributed by atoms with van der Waals surface area (Å²) >= 11 is 0. The van der Waals surface area contributed by atoms with Crippen LogP contribution < -0.4 is 4.74 Å². The summed E-state index contributed by atoms with van der Waals surface area (Å²) in [5.74, 6) is -1.37. The Labute approximate surface area is 155 Å². The number of hydrogen-bond donors (Lipinski definition) is 0. The van der Waals surface area contributed by atoms with Crippen molar-refractivity contribution in [3.8, 4) is 5.88 Å². The lowest BCUT2D eigenvalue weighted by molar-refractivity contribution is -0.147. The van der Waals surface area contributed by atoms with Crippen molar-refractivity contribution in [2.75, 3.05) is 0 Å². The number of carbonyl (C=O) groups excluding carboxylic acids is 1. The van der Waals surface area contributed by atoms with E-state index in [0.29, 0.717) is 5.56 Å². The van der Waals surface area contributed by atoms with Gasteiger partial charge in [-0.2, -0.15) is 13.2 Å². The number of nitrogens with zero attached hydrogens (tertiary/aromatic N) is 1. The van der Waals surface area contributed by atoms with Gasteiger partial charge >= 0.3 is 12.1 Å². The molecule has 0 saturated carbocycles. The number of benzene rings is 1. The lowest BCUT2D eigenvalue weighted by Gasteiger charge is -2.20. The van der Waals surface area contributed by atoms with E-state index in [4.69, 9.17) is 9.47 Å². The van der Waals surface area contributed by atoms with E-state index in [-0.39, 0.29) is 17.7 Å². The number of carbonyl (C=O) groups is 1. The van der Waals surface area contributed by atoms with Crippen LogP contribution in [0.1, 0.15) is 37.5 Å². The molecule has 2 rings (SSSR count). The molecule has 0 amide bonds. The first-order chi connectivity index (χ1) is 12.5. The number of rotatable bonds is 5. The highest BCUT2D eigenvalue weighted by Crippen LogP contribution is 2.37. The zero-order valence-electron chi connectivity index (χ0n) is 15.3. The van der Waals surface area contributed by atoms with Gasteiger partial charge in [0, 0.05) is 11.8 Å². The van der Waals surface area contributed by atoms with Crippen molar-refractivity contribution in [3.05, 3.63) is 65.9 Å². The average molecular weight is 379 g/mol. The van der Waals surface area contributed by atoms with Crippen LogP contribution in [0.15, 0.2) is 49.2 Å². The van der Waals surface area contributed by atoms with Gasteiger partial charge in [0.25, 0.3) is 0 Å². The molecule has 4 nitrogen and oxygen atoms in total. The third-order valence-corrected chi connectivity index (χ3v) is 3.37. The van der Waals surface area contributed by atoms with Crippen molar-refractivity contribution in [2.24, 2.45) is 0 Å². The minimum atomic E-state index is -4.71. The average Bonchev–Trinajstić information content (AvgIpc) is 2.58. The standard InChI is InChI=1S/C20H20F3NO3/c1-13(18(25)27-19(2,3)4)15-10-16(20(21,22)23)17(24-11-15)26-12-14-8-6-5-7-9-14/h5-11H,1,12H2,2-4H3. The van der Waals surface area contributed by atoms with E-state index in [0.717, 1.165) is 12.3 Å². The minimum absolute atomic E-state index is 0.0662. The van der Waals surface area contributed by atoms with Crippen LogP contribution in [0.3, 0.4) is 0 Å². The minimum Gasteiger partial charge on any atom is -0.472 e. The summed E-state index contributed by atoms with van der Waals surface area (Å²) in [6, 6.07) is 9.55. The van der Waals surface area contributed by atoms with Gasteiger partial charge < -0.3 is 9.47 Å². The highest BCUT2D eigenvalue weighted by molar-refractivity contribution is 6.15. The van der Waals surface area contributed by atoms with Crippen molar-refractivity contribution in [3.63, 3.8) is 0 Å². The summed E-state index contributed by atoms with van der Waals surface area (Å²) in [7, 11) is 0. The fourth-order valence-electron chi connectivity index (χ4n) is 2.12. The molecule has 0 bridgehead atoms. The fourth-order valence-corrected chi connectivity index (χ4v) is 2.12. The Morgan fingerprint density at radius 2 is 1.78 bits per heavy atom. The Balaban J connectivity index is 2.27. The second-order valence-electron chi connectivity index (χ2n) is 6.83. The third kappa shape index (κ3) is 5.84. The number of alkyl halides is 3. The van der Waals surface area contributed by atoms with E-state index < -0.39 is 29.2 Å². The zero-order chi connectivity index (χ0) is 20.2. The fraction of sp³-hybridized carbons (Fsp3) is 0.300. The highest BCUT2D eigenvalue weighted by atomic mass is 19.4. The first-order valence-corrected chi connectivity index (χ1v) is 8.14. The summed E-state index contributed by atoms with van der Waals surface area (Å²) < 4.78 is 50.7. The molecule has 1 aromatic carbocycles. The summed E-state index contributed by atoms with van der Waals surface area (Å²) in [6.45, 7) is 8.42. The maximum atomic E-state index is 13.4. The van der Waals surface area contributed by atoms with Gasteiger partial charge in [-0.25, -0.2) is 9.78 Å². The van der Waals surface area contributed by atoms with Crippen LogP contribution >= 0.6 is 0 Å². The summed E-state index contributed by atoms with van der Waals surface area (Å²) in [6.07, 6.45) is -3.59. The van der Waals surface area contributed by atoms with Crippen LogP contribution in [-0.4, -0.2) is 16.6 Å².